The summed E-state index contributed by atoms with van der Waals surface area (Å²) < 4.78 is 5.38. The minimum absolute atomic E-state index is 0.107. The van der Waals surface area contributed by atoms with Crippen LogP contribution in [0.15, 0.2) is 18.2 Å². The van der Waals surface area contributed by atoms with Crippen molar-refractivity contribution in [2.45, 2.75) is 13.8 Å². The van der Waals surface area contributed by atoms with Gasteiger partial charge in [0.05, 0.1) is 6.61 Å². The minimum atomic E-state index is -1.03. The van der Waals surface area contributed by atoms with Crippen LogP contribution in [0.2, 0.25) is 0 Å². The molecular weight excluding hydrogens is 194 g/mol. The first-order valence-corrected chi connectivity index (χ1v) is 4.76. The summed E-state index contributed by atoms with van der Waals surface area (Å²) in [6.45, 7) is 4.49. The number of carboxylic acids is 1. The van der Waals surface area contributed by atoms with Crippen molar-refractivity contribution < 1.29 is 14.6 Å². The highest BCUT2D eigenvalue weighted by atomic mass is 16.5. The van der Waals surface area contributed by atoms with Crippen LogP contribution in [0.3, 0.4) is 0 Å². The SMILES string of the molecule is CC(C)COc1ccc(N)cc1C(=O)O. The molecule has 0 unspecified atom stereocenters. The van der Waals surface area contributed by atoms with Gasteiger partial charge in [0.25, 0.3) is 0 Å². The molecule has 0 heterocycles. The van der Waals surface area contributed by atoms with Gasteiger partial charge in [0.2, 0.25) is 0 Å². The molecular formula is C11H15NO3. The monoisotopic (exact) mass is 209 g/mol. The molecule has 1 aromatic rings. The third-order valence-electron chi connectivity index (χ3n) is 1.81. The van der Waals surface area contributed by atoms with Crippen LogP contribution < -0.4 is 10.5 Å². The summed E-state index contributed by atoms with van der Waals surface area (Å²) in [4.78, 5) is 10.9. The first-order valence-electron chi connectivity index (χ1n) is 4.76. The van der Waals surface area contributed by atoms with Gasteiger partial charge in [-0.2, -0.15) is 0 Å². The molecule has 3 N–H and O–H groups in total. The summed E-state index contributed by atoms with van der Waals surface area (Å²) in [5.74, 6) is -0.310. The second kappa shape index (κ2) is 4.68. The van der Waals surface area contributed by atoms with Gasteiger partial charge in [-0.3, -0.25) is 0 Å². The highest BCUT2D eigenvalue weighted by Gasteiger charge is 2.11. The average Bonchev–Trinajstić information content (AvgIpc) is 2.15. The van der Waals surface area contributed by atoms with Crippen molar-refractivity contribution >= 4 is 11.7 Å². The maximum atomic E-state index is 10.9. The van der Waals surface area contributed by atoms with Crippen LogP contribution in [-0.4, -0.2) is 17.7 Å². The normalized spacial score (nSPS) is 10.3. The van der Waals surface area contributed by atoms with Crippen LogP contribution in [0.1, 0.15) is 24.2 Å². The van der Waals surface area contributed by atoms with Crippen molar-refractivity contribution in [3.63, 3.8) is 0 Å². The van der Waals surface area contributed by atoms with Gasteiger partial charge < -0.3 is 15.6 Å². The maximum Gasteiger partial charge on any atom is 0.339 e. The first-order chi connectivity index (χ1) is 7.00. The van der Waals surface area contributed by atoms with Crippen LogP contribution in [0, 0.1) is 5.92 Å². The number of benzene rings is 1. The lowest BCUT2D eigenvalue weighted by atomic mass is 10.2. The summed E-state index contributed by atoms with van der Waals surface area (Å²) in [5.41, 5.74) is 6.03. The lowest BCUT2D eigenvalue weighted by Crippen LogP contribution is -2.08. The summed E-state index contributed by atoms with van der Waals surface area (Å²) >= 11 is 0. The Labute approximate surface area is 88.7 Å². The standard InChI is InChI=1S/C11H15NO3/c1-7(2)6-15-10-4-3-8(12)5-9(10)11(13)14/h3-5,7H,6,12H2,1-2H3,(H,13,14). The molecule has 0 aliphatic carbocycles. The van der Waals surface area contributed by atoms with E-state index in [2.05, 4.69) is 0 Å². The average molecular weight is 209 g/mol. The van der Waals surface area contributed by atoms with E-state index in [1.165, 1.54) is 6.07 Å². The fourth-order valence-electron chi connectivity index (χ4n) is 1.10. The van der Waals surface area contributed by atoms with Crippen molar-refractivity contribution in [2.24, 2.45) is 5.92 Å². The van der Waals surface area contributed by atoms with Crippen molar-refractivity contribution in [2.75, 3.05) is 12.3 Å². The van der Waals surface area contributed by atoms with Gasteiger partial charge in [-0.25, -0.2) is 4.79 Å². The van der Waals surface area contributed by atoms with Gasteiger partial charge in [-0.1, -0.05) is 13.8 Å². The van der Waals surface area contributed by atoms with E-state index >= 15 is 0 Å². The number of anilines is 1. The first kappa shape index (κ1) is 11.4. The number of carbonyl (C=O) groups is 1. The van der Waals surface area contributed by atoms with Gasteiger partial charge >= 0.3 is 5.97 Å². The van der Waals surface area contributed by atoms with Gasteiger partial charge in [0, 0.05) is 5.69 Å². The predicted octanol–water partition coefficient (Wildman–Crippen LogP) is 2.00. The van der Waals surface area contributed by atoms with E-state index in [9.17, 15) is 4.79 Å². The minimum Gasteiger partial charge on any atom is -0.492 e. The number of nitrogens with two attached hydrogens (primary N) is 1. The molecule has 0 aromatic heterocycles. The van der Waals surface area contributed by atoms with Gasteiger partial charge in [0.1, 0.15) is 11.3 Å². The fourth-order valence-corrected chi connectivity index (χ4v) is 1.10. The quantitative estimate of drug-likeness (QED) is 0.744. The zero-order valence-corrected chi connectivity index (χ0v) is 8.86. The van der Waals surface area contributed by atoms with Crippen molar-refractivity contribution in [3.05, 3.63) is 23.8 Å². The van der Waals surface area contributed by atoms with Gasteiger partial charge in [-0.15, -0.1) is 0 Å². The van der Waals surface area contributed by atoms with Gasteiger partial charge in [-0.05, 0) is 24.1 Å². The van der Waals surface area contributed by atoms with E-state index in [1.54, 1.807) is 12.1 Å². The molecule has 0 aliphatic rings. The van der Waals surface area contributed by atoms with E-state index in [0.717, 1.165) is 0 Å². The Morgan fingerprint density at radius 1 is 1.53 bits per heavy atom. The number of hydrogen-bond donors (Lipinski definition) is 2. The summed E-state index contributed by atoms with van der Waals surface area (Å²) in [5, 5.41) is 8.92. The summed E-state index contributed by atoms with van der Waals surface area (Å²) in [6, 6.07) is 4.61. The largest absolute Gasteiger partial charge is 0.492 e. The Morgan fingerprint density at radius 3 is 2.73 bits per heavy atom. The van der Waals surface area contributed by atoms with Crippen molar-refractivity contribution in [3.8, 4) is 5.75 Å². The van der Waals surface area contributed by atoms with E-state index in [-0.39, 0.29) is 5.56 Å². The molecule has 15 heavy (non-hydrogen) atoms. The van der Waals surface area contributed by atoms with Crippen molar-refractivity contribution in [1.82, 2.24) is 0 Å². The third kappa shape index (κ3) is 3.16. The maximum absolute atomic E-state index is 10.9. The second-order valence-corrected chi connectivity index (χ2v) is 3.77. The Balaban J connectivity index is 2.91. The Hall–Kier alpha value is -1.71. The molecule has 4 nitrogen and oxygen atoms in total. The van der Waals surface area contributed by atoms with Crippen LogP contribution in [0.4, 0.5) is 5.69 Å². The lowest BCUT2D eigenvalue weighted by Gasteiger charge is -2.11. The molecule has 1 aromatic carbocycles. The van der Waals surface area contributed by atoms with E-state index < -0.39 is 5.97 Å². The number of ether oxygens (including phenoxy) is 1. The van der Waals surface area contributed by atoms with E-state index in [1.807, 2.05) is 13.8 Å². The van der Waals surface area contributed by atoms with Crippen LogP contribution in [0.5, 0.6) is 5.75 Å². The molecule has 1 rings (SSSR count). The van der Waals surface area contributed by atoms with Crippen LogP contribution >= 0.6 is 0 Å². The molecule has 4 heteroatoms. The van der Waals surface area contributed by atoms with E-state index in [4.69, 9.17) is 15.6 Å². The molecule has 0 radical (unpaired) electrons. The zero-order chi connectivity index (χ0) is 11.4. The molecule has 0 saturated carbocycles. The molecule has 0 atom stereocenters. The number of aromatic carboxylic acids is 1. The second-order valence-electron chi connectivity index (χ2n) is 3.77. The number of rotatable bonds is 4. The third-order valence-corrected chi connectivity index (χ3v) is 1.81. The fraction of sp³-hybridized carbons (Fsp3) is 0.364. The van der Waals surface area contributed by atoms with Crippen molar-refractivity contribution in [1.29, 1.82) is 0 Å². The van der Waals surface area contributed by atoms with Crippen LogP contribution in [0.25, 0.3) is 0 Å². The van der Waals surface area contributed by atoms with Crippen LogP contribution in [-0.2, 0) is 0 Å². The number of hydrogen-bond acceptors (Lipinski definition) is 3. The Kier molecular flexibility index (Phi) is 3.55. The smallest absolute Gasteiger partial charge is 0.339 e. The molecule has 0 fully saturated rings. The number of carboxylic acid groups (broad SMARTS) is 1. The number of nitrogen functional groups attached to an aromatic ring is 1. The highest BCUT2D eigenvalue weighted by Crippen LogP contribution is 2.21. The lowest BCUT2D eigenvalue weighted by molar-refractivity contribution is 0.0691. The topological polar surface area (TPSA) is 72.5 Å². The van der Waals surface area contributed by atoms with E-state index in [0.29, 0.717) is 24.0 Å². The molecule has 0 amide bonds. The molecule has 0 bridgehead atoms. The molecule has 0 spiro atoms. The molecule has 0 saturated heterocycles. The zero-order valence-electron chi connectivity index (χ0n) is 8.86. The molecule has 82 valence electrons. The summed E-state index contributed by atoms with van der Waals surface area (Å²) in [6.07, 6.45) is 0. The van der Waals surface area contributed by atoms with Gasteiger partial charge in [0.15, 0.2) is 0 Å². The highest BCUT2D eigenvalue weighted by molar-refractivity contribution is 5.92. The predicted molar refractivity (Wildman–Crippen MR) is 58.1 cm³/mol. The Bertz CT molecular complexity index is 361. The Morgan fingerprint density at radius 2 is 2.20 bits per heavy atom. The molecule has 0 aliphatic heterocycles. The summed E-state index contributed by atoms with van der Waals surface area (Å²) in [7, 11) is 0.